The first-order valence-corrected chi connectivity index (χ1v) is 10.7. The second-order valence-electron chi connectivity index (χ2n) is 8.50. The fourth-order valence-corrected chi connectivity index (χ4v) is 4.14. The van der Waals surface area contributed by atoms with Crippen LogP contribution in [-0.2, 0) is 11.0 Å². The minimum atomic E-state index is -4.64. The molecule has 174 valence electrons. The molecule has 4 rings (SSSR count). The van der Waals surface area contributed by atoms with E-state index in [1.54, 1.807) is 25.1 Å². The minimum Gasteiger partial charge on any atom is -0.376 e. The summed E-state index contributed by atoms with van der Waals surface area (Å²) in [5.41, 5.74) is 0.409. The van der Waals surface area contributed by atoms with Crippen LogP contribution in [0.5, 0.6) is 0 Å². The van der Waals surface area contributed by atoms with Gasteiger partial charge in [0.25, 0.3) is 5.91 Å². The van der Waals surface area contributed by atoms with E-state index >= 15 is 0 Å². The van der Waals surface area contributed by atoms with Crippen LogP contribution in [0, 0.1) is 5.92 Å². The molecule has 0 saturated heterocycles. The van der Waals surface area contributed by atoms with Crippen LogP contribution in [0.15, 0.2) is 36.5 Å². The molecule has 2 aromatic heterocycles. The number of alkyl halides is 3. The molecule has 7 nitrogen and oxygen atoms in total. The number of halogens is 3. The van der Waals surface area contributed by atoms with E-state index in [4.69, 9.17) is 5.10 Å². The number of aldehydes is 1. The van der Waals surface area contributed by atoms with Crippen LogP contribution in [0.4, 0.5) is 24.5 Å². The lowest BCUT2D eigenvalue weighted by atomic mass is 9.87. The Bertz CT molecular complexity index is 1180. The van der Waals surface area contributed by atoms with E-state index in [1.165, 1.54) is 6.07 Å². The molecule has 0 unspecified atom stereocenters. The summed E-state index contributed by atoms with van der Waals surface area (Å²) in [6, 6.07) is 7.01. The van der Waals surface area contributed by atoms with Gasteiger partial charge in [0.1, 0.15) is 17.7 Å². The van der Waals surface area contributed by atoms with Gasteiger partial charge >= 0.3 is 6.18 Å². The second-order valence-corrected chi connectivity index (χ2v) is 8.50. The average molecular weight is 459 g/mol. The molecule has 0 aliphatic heterocycles. The van der Waals surface area contributed by atoms with Gasteiger partial charge in [-0.2, -0.15) is 18.3 Å². The lowest BCUT2D eigenvalue weighted by molar-refractivity contribution is -0.141. The van der Waals surface area contributed by atoms with Crippen molar-refractivity contribution in [3.8, 4) is 0 Å². The number of carbonyl (C=O) groups excluding carboxylic acids is 2. The summed E-state index contributed by atoms with van der Waals surface area (Å²) in [4.78, 5) is 29.0. The molecular weight excluding hydrogens is 435 g/mol. The summed E-state index contributed by atoms with van der Waals surface area (Å²) in [6.45, 7) is 0. The van der Waals surface area contributed by atoms with Gasteiger partial charge in [-0.1, -0.05) is 6.07 Å². The van der Waals surface area contributed by atoms with Crippen LogP contribution in [-0.4, -0.2) is 41.1 Å². The Labute approximate surface area is 188 Å². The number of fused-ring (bicyclic) bond motifs is 1. The molecule has 1 amide bonds. The molecule has 1 aliphatic carbocycles. The van der Waals surface area contributed by atoms with Crippen LogP contribution >= 0.6 is 0 Å². The van der Waals surface area contributed by atoms with E-state index in [9.17, 15) is 22.8 Å². The molecule has 1 aromatic carbocycles. The summed E-state index contributed by atoms with van der Waals surface area (Å²) in [7, 11) is 3.61. The minimum absolute atomic E-state index is 0.109. The van der Waals surface area contributed by atoms with Gasteiger partial charge < -0.3 is 15.0 Å². The van der Waals surface area contributed by atoms with Gasteiger partial charge in [-0.05, 0) is 49.9 Å². The largest absolute Gasteiger partial charge is 0.433 e. The number of hydrogen-bond acceptors (Lipinski definition) is 5. The third-order valence-corrected chi connectivity index (χ3v) is 5.95. The monoisotopic (exact) mass is 459 g/mol. The number of rotatable bonds is 5. The summed E-state index contributed by atoms with van der Waals surface area (Å²) in [6.07, 6.45) is 1.68. The number of nitrogens with one attached hydrogen (secondary N) is 1. The van der Waals surface area contributed by atoms with Gasteiger partial charge in [0.15, 0.2) is 0 Å². The number of aromatic nitrogens is 3. The van der Waals surface area contributed by atoms with Crippen molar-refractivity contribution < 1.29 is 22.8 Å². The highest BCUT2D eigenvalue weighted by atomic mass is 19.4. The van der Waals surface area contributed by atoms with Crippen molar-refractivity contribution in [3.05, 3.63) is 47.9 Å². The molecule has 1 saturated carbocycles. The van der Waals surface area contributed by atoms with Gasteiger partial charge in [0.2, 0.25) is 0 Å². The summed E-state index contributed by atoms with van der Waals surface area (Å²) < 4.78 is 40.8. The second kappa shape index (κ2) is 8.84. The number of pyridine rings is 1. The maximum atomic E-state index is 13.0. The Hall–Kier alpha value is -3.43. The highest BCUT2D eigenvalue weighted by molar-refractivity contribution is 6.06. The summed E-state index contributed by atoms with van der Waals surface area (Å²) >= 11 is 0. The fourth-order valence-electron chi connectivity index (χ4n) is 4.14. The first kappa shape index (κ1) is 22.8. The third kappa shape index (κ3) is 4.84. The Morgan fingerprint density at radius 3 is 2.55 bits per heavy atom. The maximum absolute atomic E-state index is 13.0. The van der Waals surface area contributed by atoms with Crippen LogP contribution in [0.25, 0.3) is 10.9 Å². The highest BCUT2D eigenvalue weighted by Gasteiger charge is 2.33. The van der Waals surface area contributed by atoms with E-state index in [1.807, 2.05) is 16.9 Å². The van der Waals surface area contributed by atoms with Crippen molar-refractivity contribution in [3.63, 3.8) is 0 Å². The first-order chi connectivity index (χ1) is 15.7. The number of carbonyl (C=O) groups is 2. The normalized spacial score (nSPS) is 18.8. The Balaban J connectivity index is 1.62. The van der Waals surface area contributed by atoms with E-state index in [0.717, 1.165) is 55.0 Å². The van der Waals surface area contributed by atoms with Crippen molar-refractivity contribution in [1.82, 2.24) is 14.8 Å². The fraction of sp³-hybridized carbons (Fsp3) is 0.391. The molecule has 33 heavy (non-hydrogen) atoms. The van der Waals surface area contributed by atoms with Crippen molar-refractivity contribution in [1.29, 1.82) is 0 Å². The molecule has 0 bridgehead atoms. The average Bonchev–Trinajstić information content (AvgIpc) is 3.21. The van der Waals surface area contributed by atoms with E-state index in [0.29, 0.717) is 11.4 Å². The number of nitrogens with zero attached hydrogens (tertiary/aromatic N) is 4. The lowest BCUT2D eigenvalue weighted by Gasteiger charge is -2.25. The predicted octanol–water partition coefficient (Wildman–Crippen LogP) is 4.70. The number of anilines is 2. The van der Waals surface area contributed by atoms with Crippen molar-refractivity contribution in [2.24, 2.45) is 5.92 Å². The molecule has 0 spiro atoms. The standard InChI is InChI=1S/C23H24F3N5O2/c1-30(2)20-11-18-15(12-31(29-18)16-8-6-14(13-32)7-9-16)10-19(20)28-22(33)17-4-3-5-21(27-17)23(24,25)26/h3-5,10-14,16H,6-9H2,1-2H3,(H,28,33)/t14-,16-. The zero-order valence-corrected chi connectivity index (χ0v) is 18.3. The van der Waals surface area contributed by atoms with Gasteiger partial charge in [-0.3, -0.25) is 9.48 Å². The smallest absolute Gasteiger partial charge is 0.376 e. The van der Waals surface area contributed by atoms with Crippen molar-refractivity contribution in [2.45, 2.75) is 37.9 Å². The van der Waals surface area contributed by atoms with Gasteiger partial charge in [0.05, 0.1) is 22.9 Å². The number of hydrogen-bond donors (Lipinski definition) is 1. The van der Waals surface area contributed by atoms with Gasteiger partial charge in [-0.15, -0.1) is 0 Å². The number of benzene rings is 1. The van der Waals surface area contributed by atoms with Crippen LogP contribution in [0.2, 0.25) is 0 Å². The first-order valence-electron chi connectivity index (χ1n) is 10.7. The van der Waals surface area contributed by atoms with Gasteiger partial charge in [0, 0.05) is 31.6 Å². The molecule has 10 heteroatoms. The molecule has 0 radical (unpaired) electrons. The quantitative estimate of drug-likeness (QED) is 0.560. The van der Waals surface area contributed by atoms with Gasteiger partial charge in [-0.25, -0.2) is 4.98 Å². The topological polar surface area (TPSA) is 80.1 Å². The highest BCUT2D eigenvalue weighted by Crippen LogP contribution is 2.35. The third-order valence-electron chi connectivity index (χ3n) is 5.95. The van der Waals surface area contributed by atoms with E-state index in [-0.39, 0.29) is 17.7 Å². The summed E-state index contributed by atoms with van der Waals surface area (Å²) in [5.74, 6) is -0.624. The van der Waals surface area contributed by atoms with Crippen molar-refractivity contribution in [2.75, 3.05) is 24.3 Å². The maximum Gasteiger partial charge on any atom is 0.433 e. The molecule has 0 atom stereocenters. The zero-order chi connectivity index (χ0) is 23.8. The van der Waals surface area contributed by atoms with Crippen LogP contribution < -0.4 is 10.2 Å². The van der Waals surface area contributed by atoms with E-state index in [2.05, 4.69) is 10.3 Å². The Morgan fingerprint density at radius 1 is 1.18 bits per heavy atom. The predicted molar refractivity (Wildman–Crippen MR) is 118 cm³/mol. The SMILES string of the molecule is CN(C)c1cc2nn([C@H]3CC[C@H](C=O)CC3)cc2cc1NC(=O)c1cccc(C(F)(F)F)n1. The lowest BCUT2D eigenvalue weighted by Crippen LogP contribution is -2.19. The Morgan fingerprint density at radius 2 is 1.91 bits per heavy atom. The molecular formula is C23H24F3N5O2. The summed E-state index contributed by atoms with van der Waals surface area (Å²) in [5, 5.41) is 8.19. The molecule has 2 heterocycles. The Kier molecular flexibility index (Phi) is 6.09. The molecule has 3 aromatic rings. The van der Waals surface area contributed by atoms with E-state index < -0.39 is 17.8 Å². The van der Waals surface area contributed by atoms with Crippen LogP contribution in [0.3, 0.4) is 0 Å². The number of amides is 1. The molecule has 1 fully saturated rings. The molecule has 1 aliphatic rings. The zero-order valence-electron chi connectivity index (χ0n) is 18.3. The van der Waals surface area contributed by atoms with Crippen LogP contribution in [0.1, 0.15) is 47.9 Å². The molecule has 1 N–H and O–H groups in total. The van der Waals surface area contributed by atoms with Crippen molar-refractivity contribution >= 4 is 34.5 Å².